The molecule has 162 valence electrons. The van der Waals surface area contributed by atoms with Crippen LogP contribution in [-0.4, -0.2) is 42.4 Å². The fourth-order valence-electron chi connectivity index (χ4n) is 4.02. The summed E-state index contributed by atoms with van der Waals surface area (Å²) in [6.45, 7) is 4.28. The molecule has 1 aliphatic heterocycles. The Morgan fingerprint density at radius 3 is 2.48 bits per heavy atom. The second-order valence-corrected chi connectivity index (χ2v) is 7.92. The summed E-state index contributed by atoms with van der Waals surface area (Å²) in [5.74, 6) is -0.233. The van der Waals surface area contributed by atoms with E-state index in [1.165, 1.54) is 5.56 Å². The third-order valence-electron chi connectivity index (χ3n) is 5.80. The summed E-state index contributed by atoms with van der Waals surface area (Å²) in [4.78, 5) is 29.2. The lowest BCUT2D eigenvalue weighted by Gasteiger charge is -2.25. The lowest BCUT2D eigenvalue weighted by Crippen LogP contribution is -2.38. The molecule has 0 bridgehead atoms. The predicted octanol–water partition coefficient (Wildman–Crippen LogP) is 3.67. The molecular formula is C25H30N4O2. The number of benzene rings is 2. The Bertz CT molecular complexity index is 895. The molecular weight excluding hydrogens is 388 g/mol. The number of nitriles is 1. The Kier molecular flexibility index (Phi) is 8.19. The van der Waals surface area contributed by atoms with Gasteiger partial charge in [0.15, 0.2) is 0 Å². The minimum atomic E-state index is -0.137. The van der Waals surface area contributed by atoms with Gasteiger partial charge in [0.2, 0.25) is 11.8 Å². The van der Waals surface area contributed by atoms with Crippen molar-refractivity contribution in [1.82, 2.24) is 10.2 Å². The number of carbonyl (C=O) groups excluding carboxylic acids is 2. The average molecular weight is 419 g/mol. The van der Waals surface area contributed by atoms with E-state index in [9.17, 15) is 9.59 Å². The lowest BCUT2D eigenvalue weighted by molar-refractivity contribution is -0.125. The number of nitrogens with one attached hydrogen (secondary N) is 1. The molecule has 0 saturated carbocycles. The van der Waals surface area contributed by atoms with Gasteiger partial charge in [-0.05, 0) is 31.0 Å². The zero-order valence-electron chi connectivity index (χ0n) is 18.0. The lowest BCUT2D eigenvalue weighted by atomic mass is 10.1. The van der Waals surface area contributed by atoms with Gasteiger partial charge in [-0.2, -0.15) is 5.26 Å². The van der Waals surface area contributed by atoms with Crippen molar-refractivity contribution in [2.24, 2.45) is 0 Å². The second kappa shape index (κ2) is 11.3. The summed E-state index contributed by atoms with van der Waals surface area (Å²) in [7, 11) is 0. The first kappa shape index (κ1) is 22.5. The van der Waals surface area contributed by atoms with Gasteiger partial charge < -0.3 is 10.2 Å². The van der Waals surface area contributed by atoms with E-state index in [1.54, 1.807) is 4.90 Å². The highest BCUT2D eigenvalue weighted by atomic mass is 16.2. The molecule has 1 aliphatic rings. The highest BCUT2D eigenvalue weighted by molar-refractivity contribution is 5.95. The zero-order valence-corrected chi connectivity index (χ0v) is 18.0. The van der Waals surface area contributed by atoms with Crippen molar-refractivity contribution in [3.63, 3.8) is 0 Å². The van der Waals surface area contributed by atoms with E-state index in [-0.39, 0.29) is 37.1 Å². The molecule has 2 aromatic rings. The van der Waals surface area contributed by atoms with Gasteiger partial charge in [0.1, 0.15) is 0 Å². The van der Waals surface area contributed by atoms with Crippen molar-refractivity contribution in [3.8, 4) is 6.07 Å². The molecule has 0 aliphatic carbocycles. The van der Waals surface area contributed by atoms with Crippen LogP contribution >= 0.6 is 0 Å². The summed E-state index contributed by atoms with van der Waals surface area (Å²) in [6, 6.07) is 22.2. The summed E-state index contributed by atoms with van der Waals surface area (Å²) in [5, 5.41) is 12.0. The first-order chi connectivity index (χ1) is 15.1. The maximum Gasteiger partial charge on any atom is 0.227 e. The largest absolute Gasteiger partial charge is 0.352 e. The van der Waals surface area contributed by atoms with E-state index in [4.69, 9.17) is 5.26 Å². The van der Waals surface area contributed by atoms with Crippen LogP contribution in [0.15, 0.2) is 60.7 Å². The minimum absolute atomic E-state index is 0.0964. The fraction of sp³-hybridized carbons (Fsp3) is 0.400. The van der Waals surface area contributed by atoms with E-state index in [1.807, 2.05) is 48.5 Å². The number of carbonyl (C=O) groups is 2. The predicted molar refractivity (Wildman–Crippen MR) is 121 cm³/mol. The van der Waals surface area contributed by atoms with E-state index in [0.29, 0.717) is 12.6 Å². The van der Waals surface area contributed by atoms with Crippen molar-refractivity contribution < 1.29 is 9.59 Å². The molecule has 2 unspecified atom stereocenters. The molecule has 6 heteroatoms. The van der Waals surface area contributed by atoms with Gasteiger partial charge in [-0.1, -0.05) is 48.5 Å². The van der Waals surface area contributed by atoms with Gasteiger partial charge in [0.05, 0.1) is 12.5 Å². The second-order valence-electron chi connectivity index (χ2n) is 7.92. The average Bonchev–Trinajstić information content (AvgIpc) is 3.27. The maximum atomic E-state index is 12.7. The zero-order chi connectivity index (χ0) is 22.1. The number of para-hydroxylation sites is 1. The summed E-state index contributed by atoms with van der Waals surface area (Å²) in [5.41, 5.74) is 2.03. The molecule has 3 rings (SSSR count). The summed E-state index contributed by atoms with van der Waals surface area (Å²) in [6.07, 6.45) is 1.45. The van der Waals surface area contributed by atoms with Crippen molar-refractivity contribution in [1.29, 1.82) is 5.26 Å². The van der Waals surface area contributed by atoms with Crippen LogP contribution in [-0.2, 0) is 9.59 Å². The molecule has 2 aromatic carbocycles. The number of anilines is 1. The van der Waals surface area contributed by atoms with Crippen molar-refractivity contribution in [2.75, 3.05) is 24.5 Å². The smallest absolute Gasteiger partial charge is 0.227 e. The van der Waals surface area contributed by atoms with E-state index in [0.717, 1.165) is 25.2 Å². The van der Waals surface area contributed by atoms with Crippen LogP contribution in [0.5, 0.6) is 0 Å². The minimum Gasteiger partial charge on any atom is -0.352 e. The molecule has 0 spiro atoms. The van der Waals surface area contributed by atoms with E-state index >= 15 is 0 Å². The molecule has 2 atom stereocenters. The van der Waals surface area contributed by atoms with Crippen LogP contribution in [0.3, 0.4) is 0 Å². The number of likely N-dealkylation sites (tertiary alicyclic amines) is 1. The van der Waals surface area contributed by atoms with Gasteiger partial charge in [-0.15, -0.1) is 0 Å². The van der Waals surface area contributed by atoms with Gasteiger partial charge >= 0.3 is 0 Å². The Labute approximate surface area is 184 Å². The Balaban J connectivity index is 1.47. The monoisotopic (exact) mass is 418 g/mol. The van der Waals surface area contributed by atoms with Gasteiger partial charge in [-0.25, -0.2) is 0 Å². The quantitative estimate of drug-likeness (QED) is 0.674. The number of rotatable bonds is 9. The Hall–Kier alpha value is -3.17. The van der Waals surface area contributed by atoms with Crippen LogP contribution in [0.4, 0.5) is 5.69 Å². The summed E-state index contributed by atoms with van der Waals surface area (Å²) >= 11 is 0. The molecule has 6 nitrogen and oxygen atoms in total. The topological polar surface area (TPSA) is 76.4 Å². The van der Waals surface area contributed by atoms with Crippen molar-refractivity contribution in [3.05, 3.63) is 66.2 Å². The van der Waals surface area contributed by atoms with Gasteiger partial charge in [0.25, 0.3) is 0 Å². The highest BCUT2D eigenvalue weighted by Gasteiger charge is 2.28. The number of amides is 2. The van der Waals surface area contributed by atoms with E-state index < -0.39 is 0 Å². The first-order valence-corrected chi connectivity index (χ1v) is 10.9. The van der Waals surface area contributed by atoms with Crippen LogP contribution in [0.1, 0.15) is 44.2 Å². The number of nitrogens with zero attached hydrogens (tertiary/aromatic N) is 3. The standard InChI is InChI=1S/C25H30N4O2/c1-20(21-9-4-2-5-10-21)28-18-15-22(19-28)27-24(30)13-14-25(31)29(17-8-16-26)23-11-6-3-7-12-23/h2-7,9-12,20,22H,8,13-15,17-19H2,1H3,(H,27,30). The van der Waals surface area contributed by atoms with Gasteiger partial charge in [0, 0.05) is 50.2 Å². The number of hydrogen-bond donors (Lipinski definition) is 1. The maximum absolute atomic E-state index is 12.7. The molecule has 1 N–H and O–H groups in total. The van der Waals surface area contributed by atoms with Crippen LogP contribution < -0.4 is 10.2 Å². The highest BCUT2D eigenvalue weighted by Crippen LogP contribution is 2.24. The van der Waals surface area contributed by atoms with E-state index in [2.05, 4.69) is 35.3 Å². The fourth-order valence-corrected chi connectivity index (χ4v) is 4.02. The Morgan fingerprint density at radius 1 is 1.13 bits per heavy atom. The summed E-state index contributed by atoms with van der Waals surface area (Å²) < 4.78 is 0. The normalized spacial score (nSPS) is 17.0. The molecule has 1 saturated heterocycles. The van der Waals surface area contributed by atoms with Crippen LogP contribution in [0.25, 0.3) is 0 Å². The molecule has 2 amide bonds. The first-order valence-electron chi connectivity index (χ1n) is 10.9. The number of hydrogen-bond acceptors (Lipinski definition) is 4. The molecule has 1 fully saturated rings. The van der Waals surface area contributed by atoms with Crippen LogP contribution in [0.2, 0.25) is 0 Å². The SMILES string of the molecule is CC(c1ccccc1)N1CCC(NC(=O)CCC(=O)N(CCC#N)c2ccccc2)C1. The van der Waals surface area contributed by atoms with Crippen molar-refractivity contribution in [2.45, 2.75) is 44.7 Å². The molecule has 31 heavy (non-hydrogen) atoms. The molecule has 0 radical (unpaired) electrons. The molecule has 1 heterocycles. The molecule has 0 aromatic heterocycles. The third-order valence-corrected chi connectivity index (χ3v) is 5.80. The third kappa shape index (κ3) is 6.40. The Morgan fingerprint density at radius 2 is 1.81 bits per heavy atom. The van der Waals surface area contributed by atoms with Crippen molar-refractivity contribution >= 4 is 17.5 Å². The van der Waals surface area contributed by atoms with Gasteiger partial charge in [-0.3, -0.25) is 14.5 Å². The van der Waals surface area contributed by atoms with Crippen LogP contribution in [0, 0.1) is 11.3 Å².